The van der Waals surface area contributed by atoms with Gasteiger partial charge >= 0.3 is 0 Å². The highest BCUT2D eigenvalue weighted by molar-refractivity contribution is 5.97. The first-order valence-corrected chi connectivity index (χ1v) is 8.66. The maximum atomic E-state index is 12.6. The smallest absolute Gasteiger partial charge is 0.256 e. The highest BCUT2D eigenvalue weighted by Gasteiger charge is 2.42. The number of ether oxygens (including phenoxy) is 2. The van der Waals surface area contributed by atoms with Crippen molar-refractivity contribution in [2.24, 2.45) is 0 Å². The van der Waals surface area contributed by atoms with Crippen LogP contribution in [0, 0.1) is 6.92 Å². The molecule has 0 radical (unpaired) electrons. The van der Waals surface area contributed by atoms with Gasteiger partial charge in [-0.05, 0) is 52.0 Å². The number of aryl methyl sites for hydroxylation is 1. The van der Waals surface area contributed by atoms with Gasteiger partial charge in [-0.2, -0.15) is 0 Å². The van der Waals surface area contributed by atoms with E-state index in [1.54, 1.807) is 6.20 Å². The number of hydrogen-bond donors (Lipinski definition) is 1. The van der Waals surface area contributed by atoms with E-state index in [0.29, 0.717) is 24.8 Å². The fourth-order valence-corrected chi connectivity index (χ4v) is 3.00. The number of anilines is 1. The molecule has 0 spiro atoms. The molecule has 0 bridgehead atoms. The van der Waals surface area contributed by atoms with Crippen LogP contribution in [0.2, 0.25) is 0 Å². The summed E-state index contributed by atoms with van der Waals surface area (Å²) in [6, 6.07) is 1.90. The Labute approximate surface area is 138 Å². The summed E-state index contributed by atoms with van der Waals surface area (Å²) in [6.45, 7) is 7.22. The average molecular weight is 320 g/mol. The Morgan fingerprint density at radius 1 is 1.35 bits per heavy atom. The predicted octanol–water partition coefficient (Wildman–Crippen LogP) is 3.86. The van der Waals surface area contributed by atoms with Crippen LogP contribution >= 0.6 is 0 Å². The van der Waals surface area contributed by atoms with Crippen molar-refractivity contribution in [3.05, 3.63) is 17.8 Å². The Kier molecular flexibility index (Phi) is 6.39. The molecule has 0 aromatic carbocycles. The fourth-order valence-electron chi connectivity index (χ4n) is 3.00. The Balaban J connectivity index is 2.02. The van der Waals surface area contributed by atoms with E-state index in [0.717, 1.165) is 44.1 Å². The summed E-state index contributed by atoms with van der Waals surface area (Å²) in [5.41, 5.74) is 0.955. The molecule has 1 N–H and O–H groups in total. The molecule has 1 aliphatic rings. The fraction of sp³-hybridized carbons (Fsp3) is 0.667. The summed E-state index contributed by atoms with van der Waals surface area (Å²) in [5.74, 6) is 0.578. The van der Waals surface area contributed by atoms with E-state index < -0.39 is 5.60 Å². The van der Waals surface area contributed by atoms with Crippen LogP contribution in [-0.2, 0) is 9.53 Å². The minimum Gasteiger partial charge on any atom is -0.477 e. The first-order valence-electron chi connectivity index (χ1n) is 8.66. The van der Waals surface area contributed by atoms with E-state index in [9.17, 15) is 4.79 Å². The second kappa shape index (κ2) is 8.29. The van der Waals surface area contributed by atoms with Crippen molar-refractivity contribution in [3.8, 4) is 5.88 Å². The number of nitrogens with one attached hydrogen (secondary N) is 1. The van der Waals surface area contributed by atoms with Crippen LogP contribution in [0.25, 0.3) is 0 Å². The van der Waals surface area contributed by atoms with Gasteiger partial charge in [0.2, 0.25) is 5.88 Å². The van der Waals surface area contributed by atoms with E-state index in [4.69, 9.17) is 9.47 Å². The number of carbonyl (C=O) groups is 1. The highest BCUT2D eigenvalue weighted by atomic mass is 16.5. The second-order valence-corrected chi connectivity index (χ2v) is 6.14. The molecule has 1 saturated carbocycles. The van der Waals surface area contributed by atoms with Crippen LogP contribution in [0.3, 0.4) is 0 Å². The number of rotatable bonds is 8. The third kappa shape index (κ3) is 4.44. The van der Waals surface area contributed by atoms with Crippen molar-refractivity contribution >= 4 is 11.6 Å². The van der Waals surface area contributed by atoms with Crippen LogP contribution in [0.5, 0.6) is 5.88 Å². The molecule has 1 aromatic heterocycles. The molecule has 1 amide bonds. The van der Waals surface area contributed by atoms with Crippen molar-refractivity contribution < 1.29 is 14.3 Å². The molecule has 1 heterocycles. The van der Waals surface area contributed by atoms with Gasteiger partial charge in [-0.25, -0.2) is 4.98 Å². The van der Waals surface area contributed by atoms with E-state index in [1.165, 1.54) is 0 Å². The third-order valence-corrected chi connectivity index (χ3v) is 4.27. The van der Waals surface area contributed by atoms with Crippen molar-refractivity contribution in [3.63, 3.8) is 0 Å². The molecule has 0 unspecified atom stereocenters. The van der Waals surface area contributed by atoms with Gasteiger partial charge in [-0.15, -0.1) is 0 Å². The van der Waals surface area contributed by atoms with Gasteiger partial charge in [0.1, 0.15) is 5.60 Å². The summed E-state index contributed by atoms with van der Waals surface area (Å²) in [7, 11) is 0. The molecule has 23 heavy (non-hydrogen) atoms. The third-order valence-electron chi connectivity index (χ3n) is 4.27. The molecule has 1 aromatic rings. The van der Waals surface area contributed by atoms with Crippen LogP contribution in [0.4, 0.5) is 5.69 Å². The van der Waals surface area contributed by atoms with Gasteiger partial charge in [-0.3, -0.25) is 4.79 Å². The quantitative estimate of drug-likeness (QED) is 0.739. The van der Waals surface area contributed by atoms with E-state index >= 15 is 0 Å². The lowest BCUT2D eigenvalue weighted by molar-refractivity contribution is -0.140. The lowest BCUT2D eigenvalue weighted by Gasteiger charge is -2.27. The predicted molar refractivity (Wildman–Crippen MR) is 90.8 cm³/mol. The maximum Gasteiger partial charge on any atom is 0.256 e. The lowest BCUT2D eigenvalue weighted by Crippen LogP contribution is -2.43. The maximum absolute atomic E-state index is 12.6. The number of aromatic nitrogens is 1. The molecule has 1 fully saturated rings. The molecular weight excluding hydrogens is 292 g/mol. The van der Waals surface area contributed by atoms with Crippen molar-refractivity contribution in [1.29, 1.82) is 0 Å². The summed E-state index contributed by atoms with van der Waals surface area (Å²) in [5, 5.41) is 2.96. The van der Waals surface area contributed by atoms with Crippen LogP contribution < -0.4 is 10.1 Å². The molecule has 5 nitrogen and oxygen atoms in total. The molecule has 2 rings (SSSR count). The first-order chi connectivity index (χ1) is 11.1. The summed E-state index contributed by atoms with van der Waals surface area (Å²) >= 11 is 0. The zero-order valence-electron chi connectivity index (χ0n) is 14.5. The molecule has 5 heteroatoms. The van der Waals surface area contributed by atoms with Crippen molar-refractivity contribution in [1.82, 2.24) is 4.98 Å². The van der Waals surface area contributed by atoms with E-state index in [1.807, 2.05) is 19.9 Å². The SMILES string of the molecule is CCCCOc1ncc(NC(=O)C2(OCC)CCCC2)cc1C. The summed E-state index contributed by atoms with van der Waals surface area (Å²) < 4.78 is 11.4. The van der Waals surface area contributed by atoms with E-state index in [-0.39, 0.29) is 5.91 Å². The van der Waals surface area contributed by atoms with Gasteiger partial charge in [0.25, 0.3) is 5.91 Å². The molecule has 0 saturated heterocycles. The standard InChI is InChI=1S/C18H28N2O3/c1-4-6-11-22-16-14(3)12-15(13-19-16)20-17(21)18(23-5-2)9-7-8-10-18/h12-13H,4-11H2,1-3H3,(H,20,21). The van der Waals surface area contributed by atoms with Gasteiger partial charge in [-0.1, -0.05) is 13.3 Å². The molecule has 0 atom stereocenters. The monoisotopic (exact) mass is 320 g/mol. The zero-order valence-corrected chi connectivity index (χ0v) is 14.5. The first kappa shape index (κ1) is 17.7. The van der Waals surface area contributed by atoms with Crippen LogP contribution in [0.15, 0.2) is 12.3 Å². The molecule has 128 valence electrons. The molecule has 1 aliphatic carbocycles. The zero-order chi connectivity index (χ0) is 16.7. The normalized spacial score (nSPS) is 16.3. The van der Waals surface area contributed by atoms with Crippen molar-refractivity contribution in [2.75, 3.05) is 18.5 Å². The van der Waals surface area contributed by atoms with Gasteiger partial charge < -0.3 is 14.8 Å². The topological polar surface area (TPSA) is 60.5 Å². The van der Waals surface area contributed by atoms with Crippen molar-refractivity contribution in [2.45, 2.75) is 64.9 Å². The Morgan fingerprint density at radius 2 is 2.09 bits per heavy atom. The number of amides is 1. The molecule has 0 aliphatic heterocycles. The summed E-state index contributed by atoms with van der Waals surface area (Å²) in [4.78, 5) is 17.0. The highest BCUT2D eigenvalue weighted by Crippen LogP contribution is 2.34. The summed E-state index contributed by atoms with van der Waals surface area (Å²) in [6.07, 6.45) is 7.41. The Bertz CT molecular complexity index is 525. The van der Waals surface area contributed by atoms with Gasteiger partial charge in [0.15, 0.2) is 0 Å². The largest absolute Gasteiger partial charge is 0.477 e. The number of nitrogens with zero attached hydrogens (tertiary/aromatic N) is 1. The van der Waals surface area contributed by atoms with Crippen LogP contribution in [-0.4, -0.2) is 29.7 Å². The second-order valence-electron chi connectivity index (χ2n) is 6.14. The van der Waals surface area contributed by atoms with E-state index in [2.05, 4.69) is 17.2 Å². The average Bonchev–Trinajstić information content (AvgIpc) is 3.00. The minimum absolute atomic E-state index is 0.0577. The number of unbranched alkanes of at least 4 members (excludes halogenated alkanes) is 1. The number of carbonyl (C=O) groups excluding carboxylic acids is 1. The number of hydrogen-bond acceptors (Lipinski definition) is 4. The Hall–Kier alpha value is -1.62. The lowest BCUT2D eigenvalue weighted by atomic mass is 10.0. The van der Waals surface area contributed by atoms with Gasteiger partial charge in [0.05, 0.1) is 18.5 Å². The van der Waals surface area contributed by atoms with Crippen LogP contribution in [0.1, 0.15) is 57.9 Å². The minimum atomic E-state index is -0.668. The number of pyridine rings is 1. The Morgan fingerprint density at radius 3 is 2.70 bits per heavy atom. The van der Waals surface area contributed by atoms with Gasteiger partial charge in [0, 0.05) is 12.2 Å². The molecular formula is C18H28N2O3.